The van der Waals surface area contributed by atoms with E-state index < -0.39 is 0 Å². The summed E-state index contributed by atoms with van der Waals surface area (Å²) < 4.78 is 12.7. The van der Waals surface area contributed by atoms with Crippen molar-refractivity contribution in [3.8, 4) is 0 Å². The summed E-state index contributed by atoms with van der Waals surface area (Å²) >= 11 is 0. The van der Waals surface area contributed by atoms with E-state index in [9.17, 15) is 4.39 Å². The van der Waals surface area contributed by atoms with E-state index in [0.29, 0.717) is 12.4 Å². The minimum atomic E-state index is -0.316. The zero-order chi connectivity index (χ0) is 12.4. The highest BCUT2D eigenvalue weighted by molar-refractivity contribution is 5.38. The summed E-state index contributed by atoms with van der Waals surface area (Å²) in [5.41, 5.74) is 3.95. The summed E-state index contributed by atoms with van der Waals surface area (Å²) in [7, 11) is 0. The molecule has 3 rings (SSSR count). The highest BCUT2D eigenvalue weighted by Gasteiger charge is 2.09. The standard InChI is InChI=1S/C14H14FN3/c15-13-3-4-14(18-9-13)17-6-10-1-2-11-7-16-8-12(11)5-10/h1-5,9,16H,6-8H2,(H,17,18). The molecule has 0 amide bonds. The Morgan fingerprint density at radius 3 is 2.89 bits per heavy atom. The zero-order valence-corrected chi connectivity index (χ0v) is 9.91. The molecule has 2 heterocycles. The van der Waals surface area contributed by atoms with Gasteiger partial charge < -0.3 is 10.6 Å². The molecule has 1 aromatic heterocycles. The Bertz CT molecular complexity index is 551. The lowest BCUT2D eigenvalue weighted by Crippen LogP contribution is -2.02. The van der Waals surface area contributed by atoms with Crippen molar-refractivity contribution in [2.45, 2.75) is 19.6 Å². The van der Waals surface area contributed by atoms with Crippen LogP contribution in [0.2, 0.25) is 0 Å². The van der Waals surface area contributed by atoms with Crippen molar-refractivity contribution in [1.82, 2.24) is 10.3 Å². The normalized spacial score (nSPS) is 13.4. The minimum Gasteiger partial charge on any atom is -0.366 e. The predicted octanol–water partition coefficient (Wildman–Crippen LogP) is 2.44. The van der Waals surface area contributed by atoms with E-state index >= 15 is 0 Å². The van der Waals surface area contributed by atoms with Gasteiger partial charge in [-0.15, -0.1) is 0 Å². The summed E-state index contributed by atoms with van der Waals surface area (Å²) in [4.78, 5) is 3.97. The monoisotopic (exact) mass is 243 g/mol. The molecule has 4 heteroatoms. The minimum absolute atomic E-state index is 0.316. The van der Waals surface area contributed by atoms with Crippen LogP contribution < -0.4 is 10.6 Å². The molecule has 1 aromatic carbocycles. The van der Waals surface area contributed by atoms with Crippen LogP contribution in [-0.4, -0.2) is 4.98 Å². The number of hydrogen-bond acceptors (Lipinski definition) is 3. The third-order valence-electron chi connectivity index (χ3n) is 3.10. The smallest absolute Gasteiger partial charge is 0.141 e. The van der Waals surface area contributed by atoms with Crippen LogP contribution in [-0.2, 0) is 19.6 Å². The summed E-state index contributed by atoms with van der Waals surface area (Å²) in [5, 5.41) is 6.50. The number of anilines is 1. The Kier molecular flexibility index (Phi) is 2.94. The number of hydrogen-bond donors (Lipinski definition) is 2. The molecule has 3 nitrogen and oxygen atoms in total. The van der Waals surface area contributed by atoms with Gasteiger partial charge in [-0.05, 0) is 28.8 Å². The van der Waals surface area contributed by atoms with Gasteiger partial charge in [-0.1, -0.05) is 18.2 Å². The van der Waals surface area contributed by atoms with Crippen molar-refractivity contribution in [2.24, 2.45) is 0 Å². The van der Waals surface area contributed by atoms with Gasteiger partial charge in [0.15, 0.2) is 0 Å². The fourth-order valence-corrected chi connectivity index (χ4v) is 2.13. The number of halogens is 1. The average Bonchev–Trinajstić information content (AvgIpc) is 2.85. The molecule has 0 aliphatic carbocycles. The Morgan fingerprint density at radius 1 is 1.17 bits per heavy atom. The van der Waals surface area contributed by atoms with Gasteiger partial charge in [0.05, 0.1) is 6.20 Å². The number of nitrogens with zero attached hydrogens (tertiary/aromatic N) is 1. The van der Waals surface area contributed by atoms with Gasteiger partial charge in [0, 0.05) is 19.6 Å². The van der Waals surface area contributed by atoms with Crippen LogP contribution >= 0.6 is 0 Å². The van der Waals surface area contributed by atoms with Crippen molar-refractivity contribution in [1.29, 1.82) is 0 Å². The molecule has 1 aliphatic heterocycles. The molecule has 0 spiro atoms. The lowest BCUT2D eigenvalue weighted by atomic mass is 10.1. The Balaban J connectivity index is 1.68. The number of pyridine rings is 1. The van der Waals surface area contributed by atoms with E-state index in [1.807, 2.05) is 0 Å². The quantitative estimate of drug-likeness (QED) is 0.869. The van der Waals surface area contributed by atoms with Gasteiger partial charge in [-0.3, -0.25) is 0 Å². The van der Waals surface area contributed by atoms with Crippen molar-refractivity contribution in [2.75, 3.05) is 5.32 Å². The molecule has 0 atom stereocenters. The molecule has 2 N–H and O–H groups in total. The van der Waals surface area contributed by atoms with Crippen molar-refractivity contribution in [3.05, 3.63) is 59.0 Å². The fourth-order valence-electron chi connectivity index (χ4n) is 2.13. The van der Waals surface area contributed by atoms with E-state index in [0.717, 1.165) is 13.1 Å². The van der Waals surface area contributed by atoms with Crippen molar-refractivity contribution >= 4 is 5.82 Å². The maximum Gasteiger partial charge on any atom is 0.141 e. The molecule has 0 unspecified atom stereocenters. The molecule has 2 aromatic rings. The molecular weight excluding hydrogens is 229 g/mol. The van der Waals surface area contributed by atoms with Gasteiger partial charge in [-0.2, -0.15) is 0 Å². The van der Waals surface area contributed by atoms with Crippen molar-refractivity contribution in [3.63, 3.8) is 0 Å². The SMILES string of the molecule is Fc1ccc(NCc2ccc3c(c2)CNC3)nc1. The predicted molar refractivity (Wildman–Crippen MR) is 68.5 cm³/mol. The Hall–Kier alpha value is -1.94. The lowest BCUT2D eigenvalue weighted by molar-refractivity contribution is 0.621. The molecule has 0 bridgehead atoms. The summed E-state index contributed by atoms with van der Waals surface area (Å²) in [6.45, 7) is 2.60. The third kappa shape index (κ3) is 2.33. The van der Waals surface area contributed by atoms with Gasteiger partial charge in [0.25, 0.3) is 0 Å². The number of aromatic nitrogens is 1. The first-order valence-corrected chi connectivity index (χ1v) is 5.98. The first-order chi connectivity index (χ1) is 8.81. The average molecular weight is 243 g/mol. The van der Waals surface area contributed by atoms with E-state index in [4.69, 9.17) is 0 Å². The lowest BCUT2D eigenvalue weighted by Gasteiger charge is -2.07. The summed E-state index contributed by atoms with van der Waals surface area (Å²) in [6.07, 6.45) is 1.22. The topological polar surface area (TPSA) is 37.0 Å². The van der Waals surface area contributed by atoms with Crippen LogP contribution in [0.1, 0.15) is 16.7 Å². The molecule has 0 radical (unpaired) electrons. The fraction of sp³-hybridized carbons (Fsp3) is 0.214. The molecule has 0 saturated heterocycles. The molecule has 0 saturated carbocycles. The van der Waals surface area contributed by atoms with E-state index in [-0.39, 0.29) is 5.82 Å². The first kappa shape index (κ1) is 11.2. The Labute approximate surface area is 105 Å². The maximum absolute atomic E-state index is 12.7. The van der Waals surface area contributed by atoms with Crippen LogP contribution in [0.25, 0.3) is 0 Å². The van der Waals surface area contributed by atoms with Crippen LogP contribution in [0.3, 0.4) is 0 Å². The second-order valence-corrected chi connectivity index (χ2v) is 4.42. The molecule has 0 fully saturated rings. The second kappa shape index (κ2) is 4.74. The highest BCUT2D eigenvalue weighted by Crippen LogP contribution is 2.17. The van der Waals surface area contributed by atoms with Crippen LogP contribution in [0, 0.1) is 5.82 Å². The Morgan fingerprint density at radius 2 is 2.06 bits per heavy atom. The number of rotatable bonds is 3. The van der Waals surface area contributed by atoms with E-state index in [2.05, 4.69) is 33.8 Å². The van der Waals surface area contributed by atoms with Crippen LogP contribution in [0.4, 0.5) is 10.2 Å². The maximum atomic E-state index is 12.7. The van der Waals surface area contributed by atoms with Gasteiger partial charge in [-0.25, -0.2) is 9.37 Å². The second-order valence-electron chi connectivity index (χ2n) is 4.42. The third-order valence-corrected chi connectivity index (χ3v) is 3.10. The van der Waals surface area contributed by atoms with E-state index in [1.54, 1.807) is 6.07 Å². The highest BCUT2D eigenvalue weighted by atomic mass is 19.1. The number of benzene rings is 1. The van der Waals surface area contributed by atoms with Gasteiger partial charge >= 0.3 is 0 Å². The van der Waals surface area contributed by atoms with E-state index in [1.165, 1.54) is 29.0 Å². The van der Waals surface area contributed by atoms with Gasteiger partial charge in [0.2, 0.25) is 0 Å². The molecule has 92 valence electrons. The van der Waals surface area contributed by atoms with Crippen LogP contribution in [0.5, 0.6) is 0 Å². The molecule has 18 heavy (non-hydrogen) atoms. The van der Waals surface area contributed by atoms with Crippen molar-refractivity contribution < 1.29 is 4.39 Å². The first-order valence-electron chi connectivity index (χ1n) is 5.98. The van der Waals surface area contributed by atoms with Crippen LogP contribution in [0.15, 0.2) is 36.5 Å². The summed E-state index contributed by atoms with van der Waals surface area (Å²) in [6, 6.07) is 9.52. The zero-order valence-electron chi connectivity index (χ0n) is 9.91. The summed E-state index contributed by atoms with van der Waals surface area (Å²) in [5.74, 6) is 0.374. The molecule has 1 aliphatic rings. The van der Waals surface area contributed by atoms with Gasteiger partial charge in [0.1, 0.15) is 11.6 Å². The number of nitrogens with one attached hydrogen (secondary N) is 2. The molecular formula is C14H14FN3. The largest absolute Gasteiger partial charge is 0.366 e. The number of fused-ring (bicyclic) bond motifs is 1.